The highest BCUT2D eigenvalue weighted by atomic mass is 19.4. The number of carboxylic acid groups (broad SMARTS) is 2. The van der Waals surface area contributed by atoms with E-state index in [4.69, 9.17) is 0 Å². The van der Waals surface area contributed by atoms with Crippen LogP contribution in [0.4, 0.5) is 18.9 Å². The minimum atomic E-state index is -4.71. The third kappa shape index (κ3) is 3.70. The fraction of sp³-hybridized carbons (Fsp3) is 0.0556. The van der Waals surface area contributed by atoms with E-state index in [0.717, 1.165) is 41.1 Å². The molecule has 0 saturated heterocycles. The van der Waals surface area contributed by atoms with Crippen molar-refractivity contribution in [3.05, 3.63) is 75.5 Å². The molecule has 0 aliphatic carbocycles. The van der Waals surface area contributed by atoms with Crippen LogP contribution in [0.2, 0.25) is 0 Å². The van der Waals surface area contributed by atoms with Crippen molar-refractivity contribution in [2.75, 3.05) is 0 Å². The maximum absolute atomic E-state index is 13.1. The van der Waals surface area contributed by atoms with Gasteiger partial charge < -0.3 is 10.2 Å². The maximum Gasteiger partial charge on any atom is 0.416 e. The first-order valence-corrected chi connectivity index (χ1v) is 8.02. The summed E-state index contributed by atoms with van der Waals surface area (Å²) in [6, 6.07) is 8.10. The molecule has 0 aliphatic heterocycles. The van der Waals surface area contributed by atoms with Crippen LogP contribution in [-0.4, -0.2) is 36.9 Å². The van der Waals surface area contributed by atoms with E-state index in [2.05, 4.69) is 5.10 Å². The minimum absolute atomic E-state index is 0.00964. The quantitative estimate of drug-likeness (QED) is 0.472. The predicted octanol–water partition coefficient (Wildman–Crippen LogP) is 3.86. The molecule has 0 bridgehead atoms. The largest absolute Gasteiger partial charge is 0.478 e. The van der Waals surface area contributed by atoms with Gasteiger partial charge in [-0.05, 0) is 30.3 Å². The molecule has 9 nitrogen and oxygen atoms in total. The lowest BCUT2D eigenvalue weighted by atomic mass is 10.0. The third-order valence-electron chi connectivity index (χ3n) is 4.07. The summed E-state index contributed by atoms with van der Waals surface area (Å²) in [6.45, 7) is 0. The van der Waals surface area contributed by atoms with E-state index in [9.17, 15) is 43.1 Å². The number of rotatable bonds is 5. The van der Waals surface area contributed by atoms with Crippen LogP contribution >= 0.6 is 0 Å². The second kappa shape index (κ2) is 7.31. The van der Waals surface area contributed by atoms with E-state index >= 15 is 0 Å². The van der Waals surface area contributed by atoms with Gasteiger partial charge in [0.25, 0.3) is 5.69 Å². The first kappa shape index (κ1) is 20.5. The summed E-state index contributed by atoms with van der Waals surface area (Å²) in [6.07, 6.45) is -4.71. The molecule has 3 rings (SSSR count). The molecule has 0 saturated carbocycles. The standard InChI is InChI=1S/C18H10F3N3O6/c19-18(20,21)10-2-1-3-12(8-10)23-15(9-4-6-11(7-5-9)24(29)30)13(16(25)26)14(22-23)17(27)28/h1-8H,(H,25,26)(H,27,28). The van der Waals surface area contributed by atoms with Gasteiger partial charge in [0.1, 0.15) is 5.56 Å². The van der Waals surface area contributed by atoms with Gasteiger partial charge in [-0.25, -0.2) is 14.3 Å². The summed E-state index contributed by atoms with van der Waals surface area (Å²) < 4.78 is 40.0. The molecule has 0 aliphatic rings. The Bertz CT molecular complexity index is 1170. The molecular formula is C18H10F3N3O6. The molecule has 0 unspecified atom stereocenters. The van der Waals surface area contributed by atoms with Crippen molar-refractivity contribution in [2.24, 2.45) is 0 Å². The van der Waals surface area contributed by atoms with Crippen LogP contribution < -0.4 is 0 Å². The summed E-state index contributed by atoms with van der Waals surface area (Å²) in [5.41, 5.74) is -3.61. The maximum atomic E-state index is 13.1. The number of carbonyl (C=O) groups is 2. The Morgan fingerprint density at radius 2 is 1.67 bits per heavy atom. The Morgan fingerprint density at radius 3 is 2.17 bits per heavy atom. The molecule has 0 fully saturated rings. The van der Waals surface area contributed by atoms with Crippen molar-refractivity contribution in [1.29, 1.82) is 0 Å². The molecule has 30 heavy (non-hydrogen) atoms. The number of nitrogens with zero attached hydrogens (tertiary/aromatic N) is 3. The van der Waals surface area contributed by atoms with Gasteiger partial charge in [-0.3, -0.25) is 10.1 Å². The number of aromatic carboxylic acids is 2. The average Bonchev–Trinajstić information content (AvgIpc) is 3.09. The molecule has 0 spiro atoms. The van der Waals surface area contributed by atoms with E-state index in [1.165, 1.54) is 6.07 Å². The fourth-order valence-electron chi connectivity index (χ4n) is 2.78. The van der Waals surface area contributed by atoms with Crippen LogP contribution in [0.3, 0.4) is 0 Å². The molecule has 2 aromatic carbocycles. The zero-order chi connectivity index (χ0) is 22.2. The second-order valence-electron chi connectivity index (χ2n) is 5.95. The number of aromatic nitrogens is 2. The van der Waals surface area contributed by atoms with E-state index in [-0.39, 0.29) is 22.6 Å². The van der Waals surface area contributed by atoms with Gasteiger partial charge in [0.2, 0.25) is 0 Å². The third-order valence-corrected chi connectivity index (χ3v) is 4.07. The van der Waals surface area contributed by atoms with E-state index < -0.39 is 39.9 Å². The molecule has 12 heteroatoms. The molecule has 2 N–H and O–H groups in total. The highest BCUT2D eigenvalue weighted by Gasteiger charge is 2.33. The Labute approximate surface area is 164 Å². The Kier molecular flexibility index (Phi) is 5.00. The van der Waals surface area contributed by atoms with Crippen molar-refractivity contribution in [3.63, 3.8) is 0 Å². The zero-order valence-corrected chi connectivity index (χ0v) is 14.6. The summed E-state index contributed by atoms with van der Waals surface area (Å²) in [4.78, 5) is 33.4. The summed E-state index contributed by atoms with van der Waals surface area (Å²) in [7, 11) is 0. The van der Waals surface area contributed by atoms with Gasteiger partial charge in [-0.1, -0.05) is 6.07 Å². The topological polar surface area (TPSA) is 136 Å². The predicted molar refractivity (Wildman–Crippen MR) is 94.6 cm³/mol. The lowest BCUT2D eigenvalue weighted by molar-refractivity contribution is -0.384. The molecular weight excluding hydrogens is 411 g/mol. The molecule has 0 radical (unpaired) electrons. The second-order valence-corrected chi connectivity index (χ2v) is 5.95. The summed E-state index contributed by atoms with van der Waals surface area (Å²) in [5, 5.41) is 33.4. The van der Waals surface area contributed by atoms with Crippen LogP contribution in [0.5, 0.6) is 0 Å². The Hall–Kier alpha value is -4.22. The van der Waals surface area contributed by atoms with Crippen LogP contribution in [0, 0.1) is 10.1 Å². The first-order chi connectivity index (χ1) is 14.0. The van der Waals surface area contributed by atoms with Gasteiger partial charge in [0, 0.05) is 17.7 Å². The van der Waals surface area contributed by atoms with Gasteiger partial charge in [0.15, 0.2) is 5.69 Å². The molecule has 1 aromatic heterocycles. The van der Waals surface area contributed by atoms with E-state index in [1.54, 1.807) is 0 Å². The normalized spacial score (nSPS) is 11.3. The number of benzene rings is 2. The highest BCUT2D eigenvalue weighted by molar-refractivity contribution is 6.05. The van der Waals surface area contributed by atoms with Crippen LogP contribution in [-0.2, 0) is 6.18 Å². The number of hydrogen-bond acceptors (Lipinski definition) is 5. The van der Waals surface area contributed by atoms with Crippen LogP contribution in [0.1, 0.15) is 26.4 Å². The highest BCUT2D eigenvalue weighted by Crippen LogP contribution is 2.34. The number of nitro groups is 1. The Balaban J connectivity index is 2.33. The minimum Gasteiger partial charge on any atom is -0.478 e. The molecule has 0 atom stereocenters. The van der Waals surface area contributed by atoms with Crippen LogP contribution in [0.25, 0.3) is 16.9 Å². The summed E-state index contributed by atoms with van der Waals surface area (Å²) in [5.74, 6) is -3.39. The average molecular weight is 421 g/mol. The van der Waals surface area contributed by atoms with Crippen molar-refractivity contribution < 1.29 is 37.9 Å². The smallest absolute Gasteiger partial charge is 0.416 e. The van der Waals surface area contributed by atoms with Gasteiger partial charge in [-0.15, -0.1) is 0 Å². The lowest BCUT2D eigenvalue weighted by Gasteiger charge is -2.12. The zero-order valence-electron chi connectivity index (χ0n) is 14.6. The monoisotopic (exact) mass is 421 g/mol. The fourth-order valence-corrected chi connectivity index (χ4v) is 2.78. The van der Waals surface area contributed by atoms with Gasteiger partial charge >= 0.3 is 18.1 Å². The van der Waals surface area contributed by atoms with E-state index in [0.29, 0.717) is 6.07 Å². The van der Waals surface area contributed by atoms with E-state index in [1.807, 2.05) is 0 Å². The SMILES string of the molecule is O=C(O)c1nn(-c2cccc(C(F)(F)F)c2)c(-c2ccc([N+](=O)[O-])cc2)c1C(=O)O. The number of hydrogen-bond donors (Lipinski definition) is 2. The van der Waals surface area contributed by atoms with Gasteiger partial charge in [-0.2, -0.15) is 18.3 Å². The van der Waals surface area contributed by atoms with Crippen molar-refractivity contribution in [2.45, 2.75) is 6.18 Å². The molecule has 154 valence electrons. The van der Waals surface area contributed by atoms with Crippen molar-refractivity contribution in [1.82, 2.24) is 9.78 Å². The number of nitro benzene ring substituents is 1. The van der Waals surface area contributed by atoms with Crippen molar-refractivity contribution >= 4 is 17.6 Å². The Morgan fingerprint density at radius 1 is 1.03 bits per heavy atom. The summed E-state index contributed by atoms with van der Waals surface area (Å²) >= 11 is 0. The molecule has 1 heterocycles. The molecule has 3 aromatic rings. The molecule has 0 amide bonds. The number of halogens is 3. The number of carboxylic acids is 2. The number of non-ortho nitro benzene ring substituents is 1. The van der Waals surface area contributed by atoms with Crippen molar-refractivity contribution in [3.8, 4) is 16.9 Å². The van der Waals surface area contributed by atoms with Gasteiger partial charge in [0.05, 0.1) is 21.9 Å². The first-order valence-electron chi connectivity index (χ1n) is 8.02. The van der Waals surface area contributed by atoms with Crippen LogP contribution in [0.15, 0.2) is 48.5 Å². The lowest BCUT2D eigenvalue weighted by Crippen LogP contribution is -2.07. The number of alkyl halides is 3.